The number of non-ortho nitro benzene ring substituents is 1. The van der Waals surface area contributed by atoms with Crippen molar-refractivity contribution in [2.45, 2.75) is 50.9 Å². The summed E-state index contributed by atoms with van der Waals surface area (Å²) in [4.78, 5) is 58.5. The Morgan fingerprint density at radius 1 is 1.14 bits per heavy atom. The third-order valence-corrected chi connectivity index (χ3v) is 9.09. The highest BCUT2D eigenvalue weighted by atomic mass is 16.6. The number of amides is 2. The molecule has 0 aromatic heterocycles. The normalized spacial score (nSPS) is 16.8. The number of dihydropyridines is 1. The van der Waals surface area contributed by atoms with E-state index in [1.54, 1.807) is 24.4 Å². The number of ether oxygens (including phenoxy) is 2. The van der Waals surface area contributed by atoms with E-state index in [9.17, 15) is 24.5 Å². The van der Waals surface area contributed by atoms with E-state index in [0.717, 1.165) is 5.56 Å². The Bertz CT molecular complexity index is 1620. The number of rotatable bonds is 18. The average molecular weight is 703 g/mol. The van der Waals surface area contributed by atoms with Crippen LogP contribution in [-0.4, -0.2) is 91.7 Å². The maximum absolute atomic E-state index is 14.5. The maximum Gasteiger partial charge on any atom is 0.316 e. The molecule has 272 valence electrons. The molecule has 0 radical (unpaired) electrons. The van der Waals surface area contributed by atoms with Crippen LogP contribution in [0.4, 0.5) is 5.69 Å². The highest BCUT2D eigenvalue weighted by Gasteiger charge is 2.44. The van der Waals surface area contributed by atoms with Crippen molar-refractivity contribution in [3.8, 4) is 0 Å². The molecule has 15 heteroatoms. The van der Waals surface area contributed by atoms with Gasteiger partial charge in [0.2, 0.25) is 0 Å². The summed E-state index contributed by atoms with van der Waals surface area (Å²) in [5.74, 6) is -1.78. The Morgan fingerprint density at radius 3 is 2.51 bits per heavy atom. The van der Waals surface area contributed by atoms with Crippen molar-refractivity contribution >= 4 is 23.5 Å². The van der Waals surface area contributed by atoms with Gasteiger partial charge in [-0.3, -0.25) is 24.5 Å². The molecule has 1 atom stereocenters. The van der Waals surface area contributed by atoms with Crippen LogP contribution in [0.1, 0.15) is 56.6 Å². The van der Waals surface area contributed by atoms with E-state index < -0.39 is 28.1 Å². The number of piperidine rings is 1. The van der Waals surface area contributed by atoms with E-state index >= 15 is 0 Å². The lowest BCUT2D eigenvalue weighted by molar-refractivity contribution is -0.384. The van der Waals surface area contributed by atoms with Gasteiger partial charge in [-0.1, -0.05) is 60.6 Å². The summed E-state index contributed by atoms with van der Waals surface area (Å²) in [6.07, 6.45) is 5.78. The van der Waals surface area contributed by atoms with Crippen LogP contribution in [0, 0.1) is 10.1 Å². The number of likely N-dealkylation sites (tertiary alicyclic amines) is 1. The number of esters is 1. The van der Waals surface area contributed by atoms with Crippen LogP contribution in [0.25, 0.3) is 10.4 Å². The van der Waals surface area contributed by atoms with Crippen LogP contribution < -0.4 is 10.6 Å². The number of allylic oxidation sites excluding steroid dienone is 1. The molecule has 2 heterocycles. The number of nitrogens with zero attached hydrogens (tertiary/aromatic N) is 6. The molecule has 2 N–H and O–H groups in total. The fraction of sp³-hybridized carbons (Fsp3) is 0.472. The first-order chi connectivity index (χ1) is 24.7. The number of nitro groups is 1. The molecule has 15 nitrogen and oxygen atoms in total. The number of hydrogen-bond donors (Lipinski definition) is 2. The number of nitrogens with one attached hydrogen (secondary N) is 2. The summed E-state index contributed by atoms with van der Waals surface area (Å²) in [6, 6.07) is 15.6. The predicted octanol–water partition coefficient (Wildman–Crippen LogP) is 4.68. The Kier molecular flexibility index (Phi) is 14.5. The highest BCUT2D eigenvalue weighted by Crippen LogP contribution is 2.37. The second-order valence-corrected chi connectivity index (χ2v) is 12.3. The molecule has 4 rings (SSSR count). The fourth-order valence-corrected chi connectivity index (χ4v) is 6.39. The SMILES string of the molecule is CCCNC(=O)C1=C(C(=O)N(CCCN2CCC(C(=O)OCC)(c3ccccc3)CC2)COCCN=[N+]=[N-])C(c2ccc([N+](=O)[O-])cc2)C=CN1. The monoisotopic (exact) mass is 702 g/mol. The Balaban J connectivity index is 1.54. The summed E-state index contributed by atoms with van der Waals surface area (Å²) in [5.41, 5.74) is 9.67. The summed E-state index contributed by atoms with van der Waals surface area (Å²) < 4.78 is 11.3. The van der Waals surface area contributed by atoms with Crippen LogP contribution in [0.5, 0.6) is 0 Å². The van der Waals surface area contributed by atoms with Gasteiger partial charge in [0.15, 0.2) is 0 Å². The van der Waals surface area contributed by atoms with E-state index in [0.29, 0.717) is 64.0 Å². The van der Waals surface area contributed by atoms with Crippen molar-refractivity contribution in [1.29, 1.82) is 0 Å². The molecule has 2 amide bonds. The van der Waals surface area contributed by atoms with Gasteiger partial charge in [0, 0.05) is 42.6 Å². The number of carbonyl (C=O) groups is 3. The fourth-order valence-electron chi connectivity index (χ4n) is 6.39. The number of hydrogen-bond acceptors (Lipinski definition) is 10. The summed E-state index contributed by atoms with van der Waals surface area (Å²) in [5, 5.41) is 20.6. The van der Waals surface area contributed by atoms with Gasteiger partial charge in [-0.2, -0.15) is 0 Å². The van der Waals surface area contributed by atoms with Crippen molar-refractivity contribution in [2.75, 3.05) is 59.2 Å². The van der Waals surface area contributed by atoms with Crippen LogP contribution in [0.2, 0.25) is 0 Å². The smallest absolute Gasteiger partial charge is 0.316 e. The van der Waals surface area contributed by atoms with Gasteiger partial charge in [-0.15, -0.1) is 0 Å². The molecule has 1 saturated heterocycles. The van der Waals surface area contributed by atoms with Crippen LogP contribution in [-0.2, 0) is 29.3 Å². The molecule has 1 fully saturated rings. The molecule has 51 heavy (non-hydrogen) atoms. The average Bonchev–Trinajstić information content (AvgIpc) is 3.16. The summed E-state index contributed by atoms with van der Waals surface area (Å²) in [7, 11) is 0. The highest BCUT2D eigenvalue weighted by molar-refractivity contribution is 6.06. The quantitative estimate of drug-likeness (QED) is 0.0325. The third-order valence-electron chi connectivity index (χ3n) is 9.09. The topological polar surface area (TPSA) is 192 Å². The van der Waals surface area contributed by atoms with Gasteiger partial charge in [0.1, 0.15) is 12.4 Å². The van der Waals surface area contributed by atoms with E-state index in [1.165, 1.54) is 17.0 Å². The van der Waals surface area contributed by atoms with E-state index in [2.05, 4.69) is 25.6 Å². The zero-order valence-electron chi connectivity index (χ0n) is 29.2. The van der Waals surface area contributed by atoms with Gasteiger partial charge in [-0.25, -0.2) is 0 Å². The lowest BCUT2D eigenvalue weighted by Crippen LogP contribution is -2.48. The zero-order valence-corrected chi connectivity index (χ0v) is 29.2. The van der Waals surface area contributed by atoms with E-state index in [-0.39, 0.29) is 49.4 Å². The minimum absolute atomic E-state index is 0.0824. The zero-order chi connectivity index (χ0) is 36.6. The van der Waals surface area contributed by atoms with Crippen molar-refractivity contribution in [2.24, 2.45) is 5.11 Å². The first-order valence-electron chi connectivity index (χ1n) is 17.3. The molecule has 2 aromatic rings. The van der Waals surface area contributed by atoms with Crippen LogP contribution in [0.15, 0.2) is 83.3 Å². The minimum atomic E-state index is -0.717. The van der Waals surface area contributed by atoms with Crippen molar-refractivity contribution in [3.05, 3.63) is 110 Å². The number of nitro benzene ring substituents is 1. The Labute approximate surface area is 297 Å². The second-order valence-electron chi connectivity index (χ2n) is 12.3. The first-order valence-corrected chi connectivity index (χ1v) is 17.3. The van der Waals surface area contributed by atoms with Crippen molar-refractivity contribution in [1.82, 2.24) is 20.4 Å². The van der Waals surface area contributed by atoms with Gasteiger partial charge in [0.25, 0.3) is 17.5 Å². The van der Waals surface area contributed by atoms with Gasteiger partial charge < -0.3 is 29.9 Å². The molecular formula is C36H46N8O7. The minimum Gasteiger partial charge on any atom is -0.465 e. The summed E-state index contributed by atoms with van der Waals surface area (Å²) >= 11 is 0. The van der Waals surface area contributed by atoms with Crippen LogP contribution in [0.3, 0.4) is 0 Å². The predicted molar refractivity (Wildman–Crippen MR) is 190 cm³/mol. The maximum atomic E-state index is 14.5. The lowest BCUT2D eigenvalue weighted by Gasteiger charge is -2.40. The molecule has 2 aliphatic heterocycles. The largest absolute Gasteiger partial charge is 0.465 e. The standard InChI is InChI=1S/C36H46N8O7/c1-3-18-39-33(45)32-31(30(15-19-38-32)27-11-13-29(14-12-27)44(48)49)34(46)43(26-50-25-20-40-41-37)22-8-21-42-23-16-36(17-24-42,35(47)51-4-2)28-9-6-5-7-10-28/h5-7,9-15,19,30,38H,3-4,8,16-18,20-26H2,1-2H3,(H,39,45). The molecule has 2 aliphatic rings. The number of azide groups is 1. The molecule has 0 spiro atoms. The van der Waals surface area contributed by atoms with E-state index in [1.807, 2.05) is 44.2 Å². The number of benzene rings is 2. The van der Waals surface area contributed by atoms with Gasteiger partial charge >= 0.3 is 5.97 Å². The molecular weight excluding hydrogens is 656 g/mol. The molecule has 0 aliphatic carbocycles. The Morgan fingerprint density at radius 2 is 1.86 bits per heavy atom. The van der Waals surface area contributed by atoms with E-state index in [4.69, 9.17) is 15.0 Å². The third kappa shape index (κ3) is 9.94. The molecule has 0 saturated carbocycles. The molecule has 1 unspecified atom stereocenters. The Hall–Kier alpha value is -5.24. The second kappa shape index (κ2) is 19.2. The van der Waals surface area contributed by atoms with Gasteiger partial charge in [0.05, 0.1) is 29.1 Å². The molecule has 2 aromatic carbocycles. The van der Waals surface area contributed by atoms with Crippen molar-refractivity contribution in [3.63, 3.8) is 0 Å². The van der Waals surface area contributed by atoms with Crippen LogP contribution >= 0.6 is 0 Å². The molecule has 0 bridgehead atoms. The van der Waals surface area contributed by atoms with Crippen molar-refractivity contribution < 1.29 is 28.8 Å². The first kappa shape index (κ1) is 38.6. The summed E-state index contributed by atoms with van der Waals surface area (Å²) in [6.45, 7) is 6.73. The van der Waals surface area contributed by atoms with Gasteiger partial charge in [-0.05, 0) is 75.1 Å². The lowest BCUT2D eigenvalue weighted by atomic mass is 9.72. The number of carbonyl (C=O) groups excluding carboxylic acids is 3.